The summed E-state index contributed by atoms with van der Waals surface area (Å²) >= 11 is 8.02. The molecule has 0 aliphatic carbocycles. The van der Waals surface area contributed by atoms with Crippen LogP contribution in [-0.2, 0) is 13.1 Å². The van der Waals surface area contributed by atoms with Crippen LogP contribution in [-0.4, -0.2) is 58.3 Å². The average Bonchev–Trinajstić information content (AvgIpc) is 3.45. The summed E-state index contributed by atoms with van der Waals surface area (Å²) in [6.07, 6.45) is 1.61. The van der Waals surface area contributed by atoms with E-state index in [1.807, 2.05) is 36.6 Å². The van der Waals surface area contributed by atoms with Crippen molar-refractivity contribution >= 4 is 46.1 Å². The van der Waals surface area contributed by atoms with Gasteiger partial charge in [-0.15, -0.1) is 11.3 Å². The van der Waals surface area contributed by atoms with Crippen LogP contribution in [0.5, 0.6) is 0 Å². The standard InChI is InChI=1S/C29H31ClN6O4S/c1-18-21(4-2-6-23(18)35-28(40)29-34-20(17-41-29)16-32-11-13-38)22-5-3-7-24(26(22)30)36-27(39)25-9-8-19(15-33-25)14-31-10-12-37/h2-9,15,17,31-32,37-38H,10-14,16H2,1H3,(H,35,40)(H,36,39). The van der Waals surface area contributed by atoms with Gasteiger partial charge in [-0.2, -0.15) is 0 Å². The van der Waals surface area contributed by atoms with Crippen molar-refractivity contribution in [1.29, 1.82) is 0 Å². The lowest BCUT2D eigenvalue weighted by atomic mass is 9.98. The summed E-state index contributed by atoms with van der Waals surface area (Å²) in [5, 5.41) is 32.2. The van der Waals surface area contributed by atoms with Crippen molar-refractivity contribution in [2.75, 3.05) is 36.9 Å². The molecule has 2 amide bonds. The second-order valence-corrected chi connectivity index (χ2v) is 10.3. The molecule has 0 aliphatic heterocycles. The predicted molar refractivity (Wildman–Crippen MR) is 161 cm³/mol. The molecule has 0 bridgehead atoms. The number of pyridine rings is 1. The Labute approximate surface area is 246 Å². The van der Waals surface area contributed by atoms with Crippen LogP contribution in [0, 0.1) is 6.92 Å². The van der Waals surface area contributed by atoms with E-state index in [2.05, 4.69) is 31.2 Å². The first kappa shape index (κ1) is 30.3. The second kappa shape index (κ2) is 14.8. The number of carbonyl (C=O) groups excluding carboxylic acids is 2. The van der Waals surface area contributed by atoms with Gasteiger partial charge in [0.1, 0.15) is 5.69 Å². The van der Waals surface area contributed by atoms with E-state index >= 15 is 0 Å². The monoisotopic (exact) mass is 594 g/mol. The summed E-state index contributed by atoms with van der Waals surface area (Å²) in [6, 6.07) is 14.3. The number of hydrogen-bond donors (Lipinski definition) is 6. The molecule has 0 unspecified atom stereocenters. The first-order chi connectivity index (χ1) is 19.9. The Bertz CT molecular complexity index is 1500. The predicted octanol–water partition coefficient (Wildman–Crippen LogP) is 3.84. The van der Waals surface area contributed by atoms with Crippen LogP contribution >= 0.6 is 22.9 Å². The number of benzene rings is 2. The molecule has 0 saturated heterocycles. The smallest absolute Gasteiger partial charge is 0.284 e. The Morgan fingerprint density at radius 1 is 0.878 bits per heavy atom. The van der Waals surface area contributed by atoms with Gasteiger partial charge in [0, 0.05) is 49.0 Å². The maximum absolute atomic E-state index is 12.9. The number of halogens is 1. The number of carbonyl (C=O) groups is 2. The number of nitrogens with one attached hydrogen (secondary N) is 4. The molecule has 0 saturated carbocycles. The number of thiazole rings is 1. The summed E-state index contributed by atoms with van der Waals surface area (Å²) in [5.41, 5.74) is 5.22. The first-order valence-corrected chi connectivity index (χ1v) is 14.2. The van der Waals surface area contributed by atoms with Crippen LogP contribution in [0.25, 0.3) is 11.1 Å². The van der Waals surface area contributed by atoms with Crippen molar-refractivity contribution in [2.45, 2.75) is 20.0 Å². The second-order valence-electron chi connectivity index (χ2n) is 9.05. The minimum Gasteiger partial charge on any atom is -0.395 e. The topological polar surface area (TPSA) is 148 Å². The highest BCUT2D eigenvalue weighted by atomic mass is 35.5. The van der Waals surface area contributed by atoms with Crippen molar-refractivity contribution in [2.24, 2.45) is 0 Å². The molecule has 2 aromatic heterocycles. The lowest BCUT2D eigenvalue weighted by Gasteiger charge is -2.15. The molecule has 2 aromatic carbocycles. The number of amides is 2. The van der Waals surface area contributed by atoms with E-state index in [0.29, 0.717) is 53.1 Å². The fraction of sp³-hybridized carbons (Fsp3) is 0.241. The van der Waals surface area contributed by atoms with Gasteiger partial charge in [-0.25, -0.2) is 4.98 Å². The summed E-state index contributed by atoms with van der Waals surface area (Å²) < 4.78 is 0. The van der Waals surface area contributed by atoms with Crippen molar-refractivity contribution in [3.05, 3.63) is 92.7 Å². The largest absolute Gasteiger partial charge is 0.395 e. The molecule has 10 nitrogen and oxygen atoms in total. The van der Waals surface area contributed by atoms with E-state index in [1.165, 1.54) is 11.3 Å². The molecule has 2 heterocycles. The van der Waals surface area contributed by atoms with Crippen molar-refractivity contribution in [3.8, 4) is 11.1 Å². The average molecular weight is 595 g/mol. The van der Waals surface area contributed by atoms with Gasteiger partial charge in [-0.3, -0.25) is 14.6 Å². The summed E-state index contributed by atoms with van der Waals surface area (Å²) in [6.45, 7) is 3.90. The Morgan fingerprint density at radius 2 is 1.56 bits per heavy atom. The Hall–Kier alpha value is -3.71. The highest BCUT2D eigenvalue weighted by Gasteiger charge is 2.17. The summed E-state index contributed by atoms with van der Waals surface area (Å²) in [5.74, 6) is -0.718. The van der Waals surface area contributed by atoms with E-state index in [1.54, 1.807) is 30.5 Å². The van der Waals surface area contributed by atoms with Crippen LogP contribution in [0.2, 0.25) is 5.02 Å². The van der Waals surface area contributed by atoms with Gasteiger partial charge in [0.25, 0.3) is 11.8 Å². The Balaban J connectivity index is 1.47. The zero-order valence-electron chi connectivity index (χ0n) is 22.4. The van der Waals surface area contributed by atoms with Gasteiger partial charge in [-0.1, -0.05) is 41.9 Å². The molecular formula is C29H31ClN6O4S. The Kier molecular flexibility index (Phi) is 10.9. The van der Waals surface area contributed by atoms with Crippen molar-refractivity contribution < 1.29 is 19.8 Å². The molecule has 12 heteroatoms. The molecule has 4 aromatic rings. The molecule has 6 N–H and O–H groups in total. The Morgan fingerprint density at radius 3 is 2.27 bits per heavy atom. The molecule has 214 valence electrons. The maximum atomic E-state index is 12.9. The maximum Gasteiger partial charge on any atom is 0.284 e. The van der Waals surface area contributed by atoms with Gasteiger partial charge < -0.3 is 31.5 Å². The molecule has 0 aliphatic rings. The lowest BCUT2D eigenvalue weighted by molar-refractivity contribution is 0.101. The molecule has 0 spiro atoms. The van der Waals surface area contributed by atoms with Crippen LogP contribution in [0.15, 0.2) is 60.1 Å². The SMILES string of the molecule is Cc1c(NC(=O)c2nc(CNCCO)cs2)cccc1-c1cccc(NC(=O)c2ccc(CNCCO)cn2)c1Cl. The van der Waals surface area contributed by atoms with E-state index in [4.69, 9.17) is 21.8 Å². The number of anilines is 2. The van der Waals surface area contributed by atoms with Crippen LogP contribution < -0.4 is 21.3 Å². The number of hydrogen-bond acceptors (Lipinski definition) is 9. The fourth-order valence-electron chi connectivity index (χ4n) is 4.02. The normalized spacial score (nSPS) is 10.9. The number of nitrogens with zero attached hydrogens (tertiary/aromatic N) is 2. The van der Waals surface area contributed by atoms with Gasteiger partial charge >= 0.3 is 0 Å². The van der Waals surface area contributed by atoms with Crippen molar-refractivity contribution in [1.82, 2.24) is 20.6 Å². The third-order valence-electron chi connectivity index (χ3n) is 6.13. The third kappa shape index (κ3) is 7.94. The minimum absolute atomic E-state index is 0.0305. The van der Waals surface area contributed by atoms with Gasteiger partial charge in [0.15, 0.2) is 5.01 Å². The molecular weight excluding hydrogens is 564 g/mol. The van der Waals surface area contributed by atoms with E-state index in [0.717, 1.165) is 22.4 Å². The highest BCUT2D eigenvalue weighted by molar-refractivity contribution is 7.11. The quantitative estimate of drug-likeness (QED) is 0.128. The van der Waals surface area contributed by atoms with Crippen LogP contribution in [0.4, 0.5) is 11.4 Å². The number of aromatic nitrogens is 2. The third-order valence-corrected chi connectivity index (χ3v) is 7.43. The number of rotatable bonds is 13. The van der Waals surface area contributed by atoms with Crippen molar-refractivity contribution in [3.63, 3.8) is 0 Å². The number of aliphatic hydroxyl groups excluding tert-OH is 2. The first-order valence-electron chi connectivity index (χ1n) is 12.9. The van der Waals surface area contributed by atoms with Crippen LogP contribution in [0.3, 0.4) is 0 Å². The lowest BCUT2D eigenvalue weighted by Crippen LogP contribution is -2.18. The van der Waals surface area contributed by atoms with E-state index < -0.39 is 5.91 Å². The zero-order valence-corrected chi connectivity index (χ0v) is 24.0. The van der Waals surface area contributed by atoms with Gasteiger partial charge in [0.2, 0.25) is 0 Å². The van der Waals surface area contributed by atoms with Crippen LogP contribution in [0.1, 0.15) is 37.1 Å². The highest BCUT2D eigenvalue weighted by Crippen LogP contribution is 2.37. The summed E-state index contributed by atoms with van der Waals surface area (Å²) in [4.78, 5) is 34.4. The molecule has 0 atom stereocenters. The summed E-state index contributed by atoms with van der Waals surface area (Å²) in [7, 11) is 0. The number of aliphatic hydroxyl groups is 2. The van der Waals surface area contributed by atoms with E-state index in [-0.39, 0.29) is 24.8 Å². The fourth-order valence-corrected chi connectivity index (χ4v) is 5.01. The molecule has 41 heavy (non-hydrogen) atoms. The van der Waals surface area contributed by atoms with E-state index in [9.17, 15) is 9.59 Å². The molecule has 0 radical (unpaired) electrons. The molecule has 4 rings (SSSR count). The zero-order chi connectivity index (χ0) is 29.2. The molecule has 0 fully saturated rings. The van der Waals surface area contributed by atoms with Gasteiger partial charge in [-0.05, 0) is 41.8 Å². The minimum atomic E-state index is -0.397. The van der Waals surface area contributed by atoms with Gasteiger partial charge in [0.05, 0.1) is 29.6 Å².